The summed E-state index contributed by atoms with van der Waals surface area (Å²) in [5, 5.41) is 29.1. The third kappa shape index (κ3) is 8.13. The zero-order valence-corrected chi connectivity index (χ0v) is 24.5. The van der Waals surface area contributed by atoms with Crippen LogP contribution in [0.3, 0.4) is 0 Å². The molecule has 2 aromatic carbocycles. The summed E-state index contributed by atoms with van der Waals surface area (Å²) in [5.41, 5.74) is 1.10. The van der Waals surface area contributed by atoms with E-state index >= 15 is 0 Å². The number of hydrogen-bond donors (Lipinski definition) is 3. The van der Waals surface area contributed by atoms with Crippen LogP contribution in [0.1, 0.15) is 71.1 Å². The van der Waals surface area contributed by atoms with Crippen molar-refractivity contribution >= 4 is 17.3 Å². The Kier molecular flexibility index (Phi) is 11.8. The molecule has 4 atom stereocenters. The van der Waals surface area contributed by atoms with Gasteiger partial charge < -0.3 is 14.9 Å². The van der Waals surface area contributed by atoms with E-state index in [2.05, 4.69) is 30.0 Å². The van der Waals surface area contributed by atoms with Gasteiger partial charge in [0.15, 0.2) is 11.5 Å². The molecule has 1 fully saturated rings. The number of phenolic OH excluding ortho intramolecular Hbond substituents is 2. The van der Waals surface area contributed by atoms with E-state index < -0.39 is 0 Å². The lowest BCUT2D eigenvalue weighted by atomic mass is 9.90. The summed E-state index contributed by atoms with van der Waals surface area (Å²) in [4.78, 5) is 30.2. The average molecular weight is 582 g/mol. The number of fused-ring (bicyclic) bond motifs is 2. The maximum absolute atomic E-state index is 13.4. The first-order chi connectivity index (χ1) is 20.4. The summed E-state index contributed by atoms with van der Waals surface area (Å²) in [6, 6.07) is 9.27. The predicted molar refractivity (Wildman–Crippen MR) is 160 cm³/mol. The molecular formula is C33H43NO8. The smallest absolute Gasteiger partial charge is 0.231 e. The molecule has 4 rings (SSSR count). The van der Waals surface area contributed by atoms with E-state index in [-0.39, 0.29) is 35.5 Å². The summed E-state index contributed by atoms with van der Waals surface area (Å²) in [7, 11) is 1.53. The molecule has 0 unspecified atom stereocenters. The monoisotopic (exact) mass is 581 g/mol. The molecule has 1 amide bonds. The highest BCUT2D eigenvalue weighted by atomic mass is 17.2. The second-order valence-corrected chi connectivity index (χ2v) is 11.0. The number of hydrogen-bond acceptors (Lipinski definition) is 8. The summed E-state index contributed by atoms with van der Waals surface area (Å²) in [5.74, 6) is 1.20. The van der Waals surface area contributed by atoms with Gasteiger partial charge in [-0.1, -0.05) is 50.5 Å². The fourth-order valence-corrected chi connectivity index (χ4v) is 5.83. The van der Waals surface area contributed by atoms with Crippen molar-refractivity contribution in [1.82, 2.24) is 0 Å². The predicted octanol–water partition coefficient (Wildman–Crippen LogP) is 7.95. The highest BCUT2D eigenvalue weighted by molar-refractivity contribution is 6.04. The molecule has 9 heteroatoms. The SMILES string of the molecule is CCCCC[C@@H](/C=C/[C@H]1CC[C@H](OOC)[C@@H]1C/C=C\CCCC(=O)N1c2ccc(O)cc2Oc2cc(O)ccc21)OO. The summed E-state index contributed by atoms with van der Waals surface area (Å²) in [6.45, 7) is 2.15. The molecule has 9 nitrogen and oxygen atoms in total. The van der Waals surface area contributed by atoms with Crippen LogP contribution in [0.4, 0.5) is 11.4 Å². The third-order valence-corrected chi connectivity index (χ3v) is 8.01. The van der Waals surface area contributed by atoms with Crippen LogP contribution in [0.25, 0.3) is 0 Å². The number of allylic oxidation sites excluding steroid dienone is 3. The molecule has 0 radical (unpaired) electrons. The van der Waals surface area contributed by atoms with Crippen LogP contribution in [0.15, 0.2) is 60.7 Å². The van der Waals surface area contributed by atoms with Crippen molar-refractivity contribution in [1.29, 1.82) is 0 Å². The van der Waals surface area contributed by atoms with Gasteiger partial charge in [0.05, 0.1) is 24.6 Å². The molecule has 1 heterocycles. The van der Waals surface area contributed by atoms with Crippen molar-refractivity contribution in [3.63, 3.8) is 0 Å². The first-order valence-corrected chi connectivity index (χ1v) is 14.9. The first kappa shape index (κ1) is 31.6. The van der Waals surface area contributed by atoms with Gasteiger partial charge in [-0.15, -0.1) is 0 Å². The molecule has 1 aliphatic heterocycles. The zero-order chi connectivity index (χ0) is 29.9. The number of carbonyl (C=O) groups is 1. The number of nitrogens with zero attached hydrogens (tertiary/aromatic N) is 1. The van der Waals surface area contributed by atoms with Crippen LogP contribution in [-0.4, -0.2) is 40.7 Å². The number of anilines is 2. The van der Waals surface area contributed by atoms with Crippen molar-refractivity contribution in [3.05, 3.63) is 60.7 Å². The number of ether oxygens (including phenoxy) is 1. The number of amides is 1. The quantitative estimate of drug-likeness (QED) is 0.0839. The minimum atomic E-state index is -0.297. The van der Waals surface area contributed by atoms with E-state index in [9.17, 15) is 20.3 Å². The number of aromatic hydroxyl groups is 2. The normalized spacial score (nSPS) is 20.5. The topological polar surface area (TPSA) is 118 Å². The van der Waals surface area contributed by atoms with E-state index in [1.807, 2.05) is 6.08 Å². The molecule has 42 heavy (non-hydrogen) atoms. The summed E-state index contributed by atoms with van der Waals surface area (Å²) in [6.07, 6.45) is 16.5. The minimum Gasteiger partial charge on any atom is -0.508 e. The molecule has 2 aromatic rings. The Bertz CT molecular complexity index is 1180. The Balaban J connectivity index is 1.32. The molecule has 1 aliphatic carbocycles. The van der Waals surface area contributed by atoms with E-state index in [1.54, 1.807) is 17.0 Å². The van der Waals surface area contributed by atoms with Gasteiger partial charge in [-0.2, -0.15) is 0 Å². The van der Waals surface area contributed by atoms with Gasteiger partial charge >= 0.3 is 0 Å². The number of carbonyl (C=O) groups excluding carboxylic acids is 1. The average Bonchev–Trinajstić information content (AvgIpc) is 3.36. The maximum Gasteiger partial charge on any atom is 0.231 e. The van der Waals surface area contributed by atoms with Gasteiger partial charge in [0.25, 0.3) is 0 Å². The Hall–Kier alpha value is -3.37. The number of unbranched alkanes of at least 4 members (excludes halogenated alkanes) is 3. The summed E-state index contributed by atoms with van der Waals surface area (Å²) >= 11 is 0. The fourth-order valence-electron chi connectivity index (χ4n) is 5.83. The lowest BCUT2D eigenvalue weighted by Crippen LogP contribution is -2.28. The Labute approximate surface area is 247 Å². The second kappa shape index (κ2) is 15.7. The van der Waals surface area contributed by atoms with E-state index in [1.165, 1.54) is 31.4 Å². The highest BCUT2D eigenvalue weighted by Gasteiger charge is 2.35. The van der Waals surface area contributed by atoms with Crippen molar-refractivity contribution in [2.24, 2.45) is 11.8 Å². The Morgan fingerprint density at radius 2 is 1.76 bits per heavy atom. The second-order valence-electron chi connectivity index (χ2n) is 11.0. The number of rotatable bonds is 15. The minimum absolute atomic E-state index is 0.00945. The molecular weight excluding hydrogens is 538 g/mol. The van der Waals surface area contributed by atoms with Gasteiger partial charge in [0, 0.05) is 18.6 Å². The van der Waals surface area contributed by atoms with Crippen molar-refractivity contribution < 1.29 is 39.7 Å². The van der Waals surface area contributed by atoms with E-state index in [0.717, 1.165) is 51.4 Å². The van der Waals surface area contributed by atoms with Crippen molar-refractivity contribution in [3.8, 4) is 23.0 Å². The van der Waals surface area contributed by atoms with Crippen LogP contribution in [-0.2, 0) is 19.5 Å². The van der Waals surface area contributed by atoms with Crippen LogP contribution >= 0.6 is 0 Å². The van der Waals surface area contributed by atoms with Crippen LogP contribution in [0.2, 0.25) is 0 Å². The molecule has 0 bridgehead atoms. The van der Waals surface area contributed by atoms with Gasteiger partial charge in [0.2, 0.25) is 5.91 Å². The Morgan fingerprint density at radius 3 is 2.40 bits per heavy atom. The molecule has 228 valence electrons. The molecule has 1 saturated carbocycles. The molecule has 0 spiro atoms. The lowest BCUT2D eigenvalue weighted by Gasteiger charge is -2.31. The number of benzene rings is 2. The van der Waals surface area contributed by atoms with E-state index in [4.69, 9.17) is 14.5 Å². The first-order valence-electron chi connectivity index (χ1n) is 14.9. The van der Waals surface area contributed by atoms with Gasteiger partial charge in [0.1, 0.15) is 17.6 Å². The standard InChI is InChI=1S/C33H43NO8/c1-3-4-7-10-26(41-38)17-13-23-14-20-30(42-39-2)27(23)11-8-5-6-9-12-33(37)34-28-18-15-24(35)21-31(28)40-32-22-25(36)16-19-29(32)34/h5,8,13,15-19,21-23,26-27,30,35-36,38H,3-4,6-7,9-12,14,20H2,1-2H3/b8-5-,17-13+/t23-,26-,27+,30-/m0/s1. The molecule has 3 N–H and O–H groups in total. The van der Waals surface area contributed by atoms with Crippen LogP contribution in [0, 0.1) is 11.8 Å². The van der Waals surface area contributed by atoms with Gasteiger partial charge in [-0.05, 0) is 74.6 Å². The molecule has 0 saturated heterocycles. The zero-order valence-electron chi connectivity index (χ0n) is 24.5. The van der Waals surface area contributed by atoms with Crippen molar-refractivity contribution in [2.75, 3.05) is 12.0 Å². The largest absolute Gasteiger partial charge is 0.508 e. The fraction of sp³-hybridized carbons (Fsp3) is 0.485. The number of phenols is 2. The Morgan fingerprint density at radius 1 is 1.05 bits per heavy atom. The van der Waals surface area contributed by atoms with Gasteiger partial charge in [-0.3, -0.25) is 15.0 Å². The van der Waals surface area contributed by atoms with Crippen LogP contribution in [0.5, 0.6) is 23.0 Å². The van der Waals surface area contributed by atoms with Gasteiger partial charge in [-0.25, -0.2) is 14.7 Å². The summed E-state index contributed by atoms with van der Waals surface area (Å²) < 4.78 is 5.85. The maximum atomic E-state index is 13.4. The van der Waals surface area contributed by atoms with Crippen molar-refractivity contribution in [2.45, 2.75) is 83.3 Å². The molecule has 0 aromatic heterocycles. The van der Waals surface area contributed by atoms with E-state index in [0.29, 0.717) is 41.6 Å². The highest BCUT2D eigenvalue weighted by Crippen LogP contribution is 2.49. The lowest BCUT2D eigenvalue weighted by molar-refractivity contribution is -0.311. The third-order valence-electron chi connectivity index (χ3n) is 8.01. The molecule has 2 aliphatic rings. The van der Waals surface area contributed by atoms with Crippen LogP contribution < -0.4 is 9.64 Å².